The molecule has 1 aromatic carbocycles. The second kappa shape index (κ2) is 14.9. The molecule has 0 radical (unpaired) electrons. The number of guanidine groups is 1. The van der Waals surface area contributed by atoms with E-state index >= 15 is 0 Å². The molecule has 3 N–H and O–H groups in total. The first-order valence-corrected chi connectivity index (χ1v) is 9.87. The summed E-state index contributed by atoms with van der Waals surface area (Å²) in [5, 5.41) is 9.78. The Morgan fingerprint density at radius 1 is 1.25 bits per heavy atom. The number of ether oxygens (including phenoxy) is 1. The van der Waals surface area contributed by atoms with Gasteiger partial charge in [0, 0.05) is 33.2 Å². The van der Waals surface area contributed by atoms with Crippen molar-refractivity contribution in [3.8, 4) is 0 Å². The predicted octanol–water partition coefficient (Wildman–Crippen LogP) is 4.21. The highest BCUT2D eigenvalue weighted by molar-refractivity contribution is 14.0. The minimum Gasteiger partial charge on any atom is -0.378 e. The standard InChI is InChI=1S/C20H33ClN4O2.HI/c1-6-27-18(14(2)3)9-11-23-20(22-5)24-12-10-19(26)25-17-8-7-15(4)13-16(17)21;/h7-8,13-14,18H,6,9-12H2,1-5H3,(H,25,26)(H2,22,23,24);1H. The number of nitrogens with zero attached hydrogens (tertiary/aromatic N) is 1. The summed E-state index contributed by atoms with van der Waals surface area (Å²) >= 11 is 6.14. The molecule has 0 fully saturated rings. The third kappa shape index (κ3) is 10.5. The second-order valence-electron chi connectivity index (χ2n) is 6.73. The third-order valence-electron chi connectivity index (χ3n) is 4.11. The van der Waals surface area contributed by atoms with E-state index < -0.39 is 0 Å². The van der Waals surface area contributed by atoms with Crippen LogP contribution in [0.15, 0.2) is 23.2 Å². The molecule has 0 aliphatic rings. The molecule has 8 heteroatoms. The van der Waals surface area contributed by atoms with Crippen molar-refractivity contribution in [1.82, 2.24) is 10.6 Å². The zero-order valence-corrected chi connectivity index (χ0v) is 20.6. The molecule has 0 bridgehead atoms. The summed E-state index contributed by atoms with van der Waals surface area (Å²) in [6, 6.07) is 5.55. The average molecular weight is 525 g/mol. The maximum atomic E-state index is 12.1. The number of rotatable bonds is 10. The zero-order chi connectivity index (χ0) is 20.2. The van der Waals surface area contributed by atoms with Gasteiger partial charge in [-0.1, -0.05) is 31.5 Å². The molecule has 1 atom stereocenters. The summed E-state index contributed by atoms with van der Waals surface area (Å²) in [4.78, 5) is 16.3. The van der Waals surface area contributed by atoms with Gasteiger partial charge in [-0.3, -0.25) is 9.79 Å². The molecule has 1 rings (SSSR count). The number of halogens is 2. The summed E-state index contributed by atoms with van der Waals surface area (Å²) in [5.74, 6) is 1.05. The van der Waals surface area contributed by atoms with Gasteiger partial charge in [-0.15, -0.1) is 24.0 Å². The van der Waals surface area contributed by atoms with Crippen LogP contribution in [0.5, 0.6) is 0 Å². The summed E-state index contributed by atoms with van der Waals surface area (Å²) in [7, 11) is 1.71. The lowest BCUT2D eigenvalue weighted by Crippen LogP contribution is -2.40. The van der Waals surface area contributed by atoms with Crippen molar-refractivity contribution in [2.45, 2.75) is 46.6 Å². The van der Waals surface area contributed by atoms with Crippen molar-refractivity contribution in [3.63, 3.8) is 0 Å². The molecule has 28 heavy (non-hydrogen) atoms. The van der Waals surface area contributed by atoms with Gasteiger partial charge in [0.15, 0.2) is 5.96 Å². The SMILES string of the molecule is CCOC(CCNC(=NC)NCCC(=O)Nc1ccc(C)cc1Cl)C(C)C.I. The Kier molecular flexibility index (Phi) is 14.3. The van der Waals surface area contributed by atoms with Gasteiger partial charge in [0.2, 0.25) is 5.91 Å². The van der Waals surface area contributed by atoms with E-state index in [1.807, 2.05) is 32.0 Å². The fourth-order valence-electron chi connectivity index (χ4n) is 2.61. The predicted molar refractivity (Wildman–Crippen MR) is 129 cm³/mol. The molecular formula is C20H34ClIN4O2. The van der Waals surface area contributed by atoms with Gasteiger partial charge in [-0.05, 0) is 43.9 Å². The van der Waals surface area contributed by atoms with E-state index in [0.29, 0.717) is 35.6 Å². The topological polar surface area (TPSA) is 74.8 Å². The maximum absolute atomic E-state index is 12.1. The molecular weight excluding hydrogens is 491 g/mol. The van der Waals surface area contributed by atoms with Crippen LogP contribution in [0.4, 0.5) is 5.69 Å². The zero-order valence-electron chi connectivity index (χ0n) is 17.5. The minimum absolute atomic E-state index is 0. The van der Waals surface area contributed by atoms with E-state index in [1.54, 1.807) is 7.05 Å². The van der Waals surface area contributed by atoms with Crippen LogP contribution in [0.3, 0.4) is 0 Å². The number of amides is 1. The van der Waals surface area contributed by atoms with E-state index in [2.05, 4.69) is 34.8 Å². The Morgan fingerprint density at radius 3 is 2.50 bits per heavy atom. The van der Waals surface area contributed by atoms with Crippen molar-refractivity contribution < 1.29 is 9.53 Å². The largest absolute Gasteiger partial charge is 0.378 e. The first-order chi connectivity index (χ1) is 12.9. The Labute approximate surface area is 191 Å². The third-order valence-corrected chi connectivity index (χ3v) is 4.43. The highest BCUT2D eigenvalue weighted by Crippen LogP contribution is 2.22. The number of aryl methyl sites for hydroxylation is 1. The Bertz CT molecular complexity index is 626. The van der Waals surface area contributed by atoms with Gasteiger partial charge in [0.05, 0.1) is 16.8 Å². The van der Waals surface area contributed by atoms with E-state index in [0.717, 1.165) is 25.1 Å². The van der Waals surface area contributed by atoms with Crippen LogP contribution in [0.1, 0.15) is 39.2 Å². The van der Waals surface area contributed by atoms with Crippen LogP contribution < -0.4 is 16.0 Å². The number of hydrogen-bond acceptors (Lipinski definition) is 3. The fraction of sp³-hybridized carbons (Fsp3) is 0.600. The van der Waals surface area contributed by atoms with Crippen molar-refractivity contribution in [3.05, 3.63) is 28.8 Å². The number of nitrogens with one attached hydrogen (secondary N) is 3. The first-order valence-electron chi connectivity index (χ1n) is 9.49. The maximum Gasteiger partial charge on any atom is 0.226 e. The molecule has 6 nitrogen and oxygen atoms in total. The Hall–Kier alpha value is -1.06. The number of hydrogen-bond donors (Lipinski definition) is 3. The van der Waals surface area contributed by atoms with Crippen molar-refractivity contribution in [2.75, 3.05) is 32.1 Å². The number of carbonyl (C=O) groups excluding carboxylic acids is 1. The summed E-state index contributed by atoms with van der Waals surface area (Å²) in [6.07, 6.45) is 1.45. The van der Waals surface area contributed by atoms with Crippen molar-refractivity contribution in [2.24, 2.45) is 10.9 Å². The highest BCUT2D eigenvalue weighted by Gasteiger charge is 2.13. The van der Waals surface area contributed by atoms with Crippen LogP contribution in [0, 0.1) is 12.8 Å². The lowest BCUT2D eigenvalue weighted by Gasteiger charge is -2.21. The summed E-state index contributed by atoms with van der Waals surface area (Å²) < 4.78 is 5.74. The van der Waals surface area contributed by atoms with Gasteiger partial charge in [-0.25, -0.2) is 0 Å². The molecule has 0 aromatic heterocycles. The van der Waals surface area contributed by atoms with Gasteiger partial charge in [0.25, 0.3) is 0 Å². The normalized spacial score (nSPS) is 12.3. The average Bonchev–Trinajstić information content (AvgIpc) is 2.61. The van der Waals surface area contributed by atoms with Crippen LogP contribution >= 0.6 is 35.6 Å². The number of aliphatic imine (C=N–C) groups is 1. The van der Waals surface area contributed by atoms with Crippen LogP contribution in [-0.2, 0) is 9.53 Å². The molecule has 1 amide bonds. The fourth-order valence-corrected chi connectivity index (χ4v) is 2.89. The number of carbonyl (C=O) groups is 1. The van der Waals surface area contributed by atoms with Crippen molar-refractivity contribution in [1.29, 1.82) is 0 Å². The van der Waals surface area contributed by atoms with Crippen LogP contribution in [0.2, 0.25) is 5.02 Å². The minimum atomic E-state index is -0.0973. The Balaban J connectivity index is 0.00000729. The van der Waals surface area contributed by atoms with E-state index in [1.165, 1.54) is 0 Å². The van der Waals surface area contributed by atoms with E-state index in [-0.39, 0.29) is 36.0 Å². The molecule has 0 heterocycles. The molecule has 0 saturated heterocycles. The van der Waals surface area contributed by atoms with Crippen LogP contribution in [-0.4, -0.2) is 44.7 Å². The molecule has 0 spiro atoms. The number of benzene rings is 1. The molecule has 0 saturated carbocycles. The summed E-state index contributed by atoms with van der Waals surface area (Å²) in [6.45, 7) is 10.2. The Morgan fingerprint density at radius 2 is 1.93 bits per heavy atom. The van der Waals surface area contributed by atoms with Gasteiger partial charge in [0.1, 0.15) is 0 Å². The second-order valence-corrected chi connectivity index (χ2v) is 7.14. The smallest absolute Gasteiger partial charge is 0.226 e. The van der Waals surface area contributed by atoms with Gasteiger partial charge in [-0.2, -0.15) is 0 Å². The van der Waals surface area contributed by atoms with Crippen molar-refractivity contribution >= 4 is 53.1 Å². The van der Waals surface area contributed by atoms with E-state index in [4.69, 9.17) is 16.3 Å². The monoisotopic (exact) mass is 524 g/mol. The summed E-state index contributed by atoms with van der Waals surface area (Å²) in [5.41, 5.74) is 1.68. The lowest BCUT2D eigenvalue weighted by molar-refractivity contribution is -0.116. The molecule has 1 aromatic rings. The lowest BCUT2D eigenvalue weighted by atomic mass is 10.0. The van der Waals surface area contributed by atoms with Gasteiger partial charge >= 0.3 is 0 Å². The van der Waals surface area contributed by atoms with Crippen LogP contribution in [0.25, 0.3) is 0 Å². The quantitative estimate of drug-likeness (QED) is 0.243. The number of anilines is 1. The molecule has 160 valence electrons. The molecule has 0 aliphatic carbocycles. The molecule has 1 unspecified atom stereocenters. The van der Waals surface area contributed by atoms with E-state index in [9.17, 15) is 4.79 Å². The highest BCUT2D eigenvalue weighted by atomic mass is 127. The first kappa shape index (κ1) is 26.9. The molecule has 0 aliphatic heterocycles. The van der Waals surface area contributed by atoms with Gasteiger partial charge < -0.3 is 20.7 Å².